The number of amides is 1. The topological polar surface area (TPSA) is 39.3 Å². The van der Waals surface area contributed by atoms with Crippen molar-refractivity contribution < 1.29 is 4.79 Å². The van der Waals surface area contributed by atoms with Crippen molar-refractivity contribution in [3.63, 3.8) is 0 Å². The van der Waals surface area contributed by atoms with Crippen LogP contribution in [0.15, 0.2) is 18.2 Å². The van der Waals surface area contributed by atoms with Crippen LogP contribution in [-0.2, 0) is 0 Å². The molecule has 1 aliphatic heterocycles. The van der Waals surface area contributed by atoms with Crippen LogP contribution < -0.4 is 0 Å². The number of aromatic nitrogens is 1. The van der Waals surface area contributed by atoms with E-state index in [2.05, 4.69) is 42.9 Å². The molecule has 0 saturated carbocycles. The minimum atomic E-state index is 0.124. The predicted octanol–water partition coefficient (Wildman–Crippen LogP) is 2.56. The number of likely N-dealkylation sites (N-methyl/N-ethyl adjacent to an activating group) is 1. The van der Waals surface area contributed by atoms with Crippen LogP contribution in [0.25, 0.3) is 10.9 Å². The minimum Gasteiger partial charge on any atom is -0.351 e. The second kappa shape index (κ2) is 5.53. The smallest absolute Gasteiger partial charge is 0.270 e. The van der Waals surface area contributed by atoms with Crippen molar-refractivity contribution in [3.8, 4) is 0 Å². The maximum absolute atomic E-state index is 12.7. The fraction of sp³-hybridized carbons (Fsp3) is 0.471. The number of nitrogens with one attached hydrogen (secondary N) is 1. The van der Waals surface area contributed by atoms with E-state index in [0.717, 1.165) is 43.5 Å². The van der Waals surface area contributed by atoms with E-state index in [1.807, 2.05) is 11.0 Å². The quantitative estimate of drug-likeness (QED) is 0.874. The molecular formula is C17H23N3O. The van der Waals surface area contributed by atoms with Gasteiger partial charge in [-0.25, -0.2) is 0 Å². The van der Waals surface area contributed by atoms with E-state index in [1.165, 1.54) is 11.1 Å². The zero-order valence-corrected chi connectivity index (χ0v) is 13.1. The molecule has 0 atom stereocenters. The maximum Gasteiger partial charge on any atom is 0.270 e. The molecule has 1 amide bonds. The molecule has 0 aliphatic carbocycles. The average Bonchev–Trinajstić information content (AvgIpc) is 2.74. The molecule has 0 radical (unpaired) electrons. The Morgan fingerprint density at radius 1 is 1.10 bits per heavy atom. The molecule has 1 N–H and O–H groups in total. The summed E-state index contributed by atoms with van der Waals surface area (Å²) < 4.78 is 0. The summed E-state index contributed by atoms with van der Waals surface area (Å²) in [5.74, 6) is 0.124. The van der Waals surface area contributed by atoms with Gasteiger partial charge in [0.1, 0.15) is 5.69 Å². The van der Waals surface area contributed by atoms with Crippen LogP contribution in [0.2, 0.25) is 0 Å². The highest BCUT2D eigenvalue weighted by Gasteiger charge is 2.20. The Bertz CT molecular complexity index is 674. The van der Waals surface area contributed by atoms with Gasteiger partial charge in [0.15, 0.2) is 0 Å². The third-order valence-corrected chi connectivity index (χ3v) is 4.33. The lowest BCUT2D eigenvalue weighted by Crippen LogP contribution is -2.34. The first-order chi connectivity index (χ1) is 10.0. The van der Waals surface area contributed by atoms with Crippen LogP contribution >= 0.6 is 0 Å². The van der Waals surface area contributed by atoms with Gasteiger partial charge in [-0.2, -0.15) is 0 Å². The van der Waals surface area contributed by atoms with Crippen LogP contribution in [0.1, 0.15) is 28.0 Å². The lowest BCUT2D eigenvalue weighted by Gasteiger charge is -2.19. The fourth-order valence-corrected chi connectivity index (χ4v) is 3.13. The van der Waals surface area contributed by atoms with E-state index in [4.69, 9.17) is 0 Å². The SMILES string of the molecule is Cc1cc(C)c2cc(C(=O)N3CCCN(C)CC3)[nH]c2c1. The normalized spacial score (nSPS) is 17.2. The van der Waals surface area contributed by atoms with Crippen molar-refractivity contribution in [2.45, 2.75) is 20.3 Å². The summed E-state index contributed by atoms with van der Waals surface area (Å²) in [5, 5.41) is 1.15. The zero-order chi connectivity index (χ0) is 15.0. The van der Waals surface area contributed by atoms with Crippen LogP contribution in [-0.4, -0.2) is 53.9 Å². The predicted molar refractivity (Wildman–Crippen MR) is 85.8 cm³/mol. The summed E-state index contributed by atoms with van der Waals surface area (Å²) in [6, 6.07) is 6.27. The van der Waals surface area contributed by atoms with E-state index in [9.17, 15) is 4.79 Å². The summed E-state index contributed by atoms with van der Waals surface area (Å²) in [6.45, 7) is 7.84. The fourth-order valence-electron chi connectivity index (χ4n) is 3.13. The first-order valence-electron chi connectivity index (χ1n) is 7.62. The summed E-state index contributed by atoms with van der Waals surface area (Å²) >= 11 is 0. The van der Waals surface area contributed by atoms with Crippen molar-refractivity contribution in [2.75, 3.05) is 33.2 Å². The third kappa shape index (κ3) is 2.81. The molecule has 3 rings (SSSR count). The second-order valence-corrected chi connectivity index (χ2v) is 6.18. The Hall–Kier alpha value is -1.81. The number of hydrogen-bond acceptors (Lipinski definition) is 2. The molecule has 4 heteroatoms. The molecule has 4 nitrogen and oxygen atoms in total. The van der Waals surface area contributed by atoms with Gasteiger partial charge in [-0.3, -0.25) is 4.79 Å². The first-order valence-corrected chi connectivity index (χ1v) is 7.62. The highest BCUT2D eigenvalue weighted by Crippen LogP contribution is 2.22. The molecular weight excluding hydrogens is 262 g/mol. The second-order valence-electron chi connectivity index (χ2n) is 6.18. The Balaban J connectivity index is 1.89. The van der Waals surface area contributed by atoms with E-state index in [0.29, 0.717) is 5.69 Å². The number of carbonyl (C=O) groups excluding carboxylic acids is 1. The van der Waals surface area contributed by atoms with Crippen LogP contribution in [0, 0.1) is 13.8 Å². The summed E-state index contributed by atoms with van der Waals surface area (Å²) in [7, 11) is 2.11. The van der Waals surface area contributed by atoms with Gasteiger partial charge in [0.05, 0.1) is 0 Å². The van der Waals surface area contributed by atoms with Crippen molar-refractivity contribution in [1.29, 1.82) is 0 Å². The van der Waals surface area contributed by atoms with Crippen molar-refractivity contribution in [1.82, 2.24) is 14.8 Å². The molecule has 0 unspecified atom stereocenters. The number of carbonyl (C=O) groups is 1. The van der Waals surface area contributed by atoms with Crippen molar-refractivity contribution >= 4 is 16.8 Å². The van der Waals surface area contributed by atoms with Crippen LogP contribution in [0.5, 0.6) is 0 Å². The standard InChI is InChI=1S/C17H23N3O/c1-12-9-13(2)14-11-16(18-15(14)10-12)17(21)20-6-4-5-19(3)7-8-20/h9-11,18H,4-8H2,1-3H3. The Labute approximate surface area is 125 Å². The molecule has 1 aliphatic rings. The summed E-state index contributed by atoms with van der Waals surface area (Å²) in [5.41, 5.74) is 4.21. The maximum atomic E-state index is 12.7. The Morgan fingerprint density at radius 3 is 2.71 bits per heavy atom. The highest BCUT2D eigenvalue weighted by atomic mass is 16.2. The van der Waals surface area contributed by atoms with Gasteiger partial charge in [-0.05, 0) is 57.1 Å². The van der Waals surface area contributed by atoms with E-state index >= 15 is 0 Å². The van der Waals surface area contributed by atoms with Gasteiger partial charge in [-0.1, -0.05) is 6.07 Å². The largest absolute Gasteiger partial charge is 0.351 e. The van der Waals surface area contributed by atoms with Gasteiger partial charge >= 0.3 is 0 Å². The van der Waals surface area contributed by atoms with Crippen molar-refractivity contribution in [3.05, 3.63) is 35.0 Å². The molecule has 112 valence electrons. The van der Waals surface area contributed by atoms with Gasteiger partial charge in [0, 0.05) is 30.5 Å². The molecule has 1 fully saturated rings. The Morgan fingerprint density at radius 2 is 1.90 bits per heavy atom. The molecule has 1 aromatic heterocycles. The molecule has 2 aromatic rings. The highest BCUT2D eigenvalue weighted by molar-refractivity contribution is 5.99. The monoisotopic (exact) mass is 285 g/mol. The van der Waals surface area contributed by atoms with Crippen LogP contribution in [0.4, 0.5) is 0 Å². The number of H-pyrrole nitrogens is 1. The molecule has 0 bridgehead atoms. The zero-order valence-electron chi connectivity index (χ0n) is 13.1. The summed E-state index contributed by atoms with van der Waals surface area (Å²) in [6.07, 6.45) is 1.04. The number of rotatable bonds is 1. The average molecular weight is 285 g/mol. The number of aryl methyl sites for hydroxylation is 2. The molecule has 1 aromatic carbocycles. The minimum absolute atomic E-state index is 0.124. The van der Waals surface area contributed by atoms with E-state index in [-0.39, 0.29) is 5.91 Å². The number of fused-ring (bicyclic) bond motifs is 1. The van der Waals surface area contributed by atoms with Crippen molar-refractivity contribution in [2.24, 2.45) is 0 Å². The van der Waals surface area contributed by atoms with Gasteiger partial charge in [0.2, 0.25) is 0 Å². The number of nitrogens with zero attached hydrogens (tertiary/aromatic N) is 2. The van der Waals surface area contributed by atoms with Crippen LogP contribution in [0.3, 0.4) is 0 Å². The Kier molecular flexibility index (Phi) is 3.72. The number of hydrogen-bond donors (Lipinski definition) is 1. The molecule has 2 heterocycles. The lowest BCUT2D eigenvalue weighted by atomic mass is 10.1. The molecule has 1 saturated heterocycles. The van der Waals surface area contributed by atoms with Gasteiger partial charge in [-0.15, -0.1) is 0 Å². The number of aromatic amines is 1. The van der Waals surface area contributed by atoms with Gasteiger partial charge < -0.3 is 14.8 Å². The van der Waals surface area contributed by atoms with Gasteiger partial charge in [0.25, 0.3) is 5.91 Å². The summed E-state index contributed by atoms with van der Waals surface area (Å²) in [4.78, 5) is 20.3. The molecule has 0 spiro atoms. The van der Waals surface area contributed by atoms with E-state index in [1.54, 1.807) is 0 Å². The van der Waals surface area contributed by atoms with E-state index < -0.39 is 0 Å². The lowest BCUT2D eigenvalue weighted by molar-refractivity contribution is 0.0758. The third-order valence-electron chi connectivity index (χ3n) is 4.33. The molecule has 21 heavy (non-hydrogen) atoms. The number of benzene rings is 1. The first kappa shape index (κ1) is 14.1.